The number of aromatic nitrogens is 2. The number of nitrogens with one attached hydrogen (secondary N) is 1. The molecule has 1 N–H and O–H groups in total. The third-order valence-corrected chi connectivity index (χ3v) is 3.33. The van der Waals surface area contributed by atoms with Crippen LogP contribution in [-0.4, -0.2) is 15.9 Å². The van der Waals surface area contributed by atoms with Crippen LogP contribution >= 0.6 is 11.6 Å². The van der Waals surface area contributed by atoms with E-state index in [4.69, 9.17) is 16.0 Å². The third kappa shape index (κ3) is 3.80. The highest BCUT2D eigenvalue weighted by Crippen LogP contribution is 2.35. The number of hydrogen-bond acceptors (Lipinski definition) is 4. The van der Waals surface area contributed by atoms with Crippen LogP contribution in [0.5, 0.6) is 0 Å². The van der Waals surface area contributed by atoms with Crippen molar-refractivity contribution >= 4 is 23.2 Å². The van der Waals surface area contributed by atoms with Crippen LogP contribution in [-0.2, 0) is 6.18 Å². The molecule has 0 saturated carbocycles. The number of oxazole rings is 1. The average molecular weight is 368 g/mol. The number of nitrogens with zero attached hydrogens (tertiary/aromatic N) is 2. The molecule has 2 aromatic heterocycles. The molecular formula is C16H9ClF3N3O2. The number of halogens is 4. The monoisotopic (exact) mass is 367 g/mol. The maximum absolute atomic E-state index is 13.2. The molecule has 25 heavy (non-hydrogen) atoms. The van der Waals surface area contributed by atoms with Crippen molar-refractivity contribution in [3.63, 3.8) is 0 Å². The quantitative estimate of drug-likeness (QED) is 0.683. The van der Waals surface area contributed by atoms with Crippen LogP contribution in [0.15, 0.2) is 53.1 Å². The number of benzene rings is 1. The van der Waals surface area contributed by atoms with Crippen LogP contribution in [0.3, 0.4) is 0 Å². The van der Waals surface area contributed by atoms with Crippen molar-refractivity contribution in [2.45, 2.75) is 6.18 Å². The first-order chi connectivity index (χ1) is 11.8. The Bertz CT molecular complexity index is 893. The molecule has 0 aliphatic carbocycles. The second-order valence-electron chi connectivity index (χ2n) is 4.88. The van der Waals surface area contributed by atoms with Gasteiger partial charge in [-0.1, -0.05) is 29.8 Å². The van der Waals surface area contributed by atoms with Gasteiger partial charge in [0, 0.05) is 5.56 Å². The van der Waals surface area contributed by atoms with Crippen molar-refractivity contribution in [2.75, 3.05) is 5.32 Å². The third-order valence-electron chi connectivity index (χ3n) is 3.11. The minimum absolute atomic E-state index is 0.173. The molecule has 0 aliphatic rings. The lowest BCUT2D eigenvalue weighted by atomic mass is 10.2. The fourth-order valence-electron chi connectivity index (χ4n) is 2.01. The molecule has 0 spiro atoms. The molecule has 0 unspecified atom stereocenters. The van der Waals surface area contributed by atoms with Gasteiger partial charge in [-0.05, 0) is 24.3 Å². The lowest BCUT2D eigenvalue weighted by molar-refractivity contribution is -0.153. The topological polar surface area (TPSA) is 68.0 Å². The van der Waals surface area contributed by atoms with Gasteiger partial charge in [-0.3, -0.25) is 4.79 Å². The molecule has 3 aromatic rings. The first kappa shape index (κ1) is 17.0. The predicted molar refractivity (Wildman–Crippen MR) is 84.1 cm³/mol. The van der Waals surface area contributed by atoms with Crippen LogP contribution in [0.4, 0.5) is 18.9 Å². The van der Waals surface area contributed by atoms with Gasteiger partial charge in [-0.15, -0.1) is 0 Å². The Balaban J connectivity index is 1.97. The van der Waals surface area contributed by atoms with Gasteiger partial charge in [0.2, 0.25) is 11.7 Å². The molecule has 3 rings (SSSR count). The van der Waals surface area contributed by atoms with Gasteiger partial charge in [-0.25, -0.2) is 9.97 Å². The van der Waals surface area contributed by atoms with Gasteiger partial charge >= 0.3 is 6.18 Å². The Labute approximate surface area is 144 Å². The van der Waals surface area contributed by atoms with E-state index in [1.165, 1.54) is 30.5 Å². The number of alkyl halides is 3. The summed E-state index contributed by atoms with van der Waals surface area (Å²) in [6.07, 6.45) is -3.66. The Morgan fingerprint density at radius 3 is 2.44 bits per heavy atom. The minimum Gasteiger partial charge on any atom is -0.431 e. The lowest BCUT2D eigenvalue weighted by Gasteiger charge is -2.06. The SMILES string of the molecule is O=C(Nc1ccc(Cl)nc1)c1nc(-c2ccccc2)oc1C(F)(F)F. The highest BCUT2D eigenvalue weighted by Gasteiger charge is 2.42. The summed E-state index contributed by atoms with van der Waals surface area (Å²) < 4.78 is 44.4. The Morgan fingerprint density at radius 2 is 1.84 bits per heavy atom. The number of pyridine rings is 1. The predicted octanol–water partition coefficient (Wildman–Crippen LogP) is 4.66. The minimum atomic E-state index is -4.87. The summed E-state index contributed by atoms with van der Waals surface area (Å²) >= 11 is 5.62. The summed E-state index contributed by atoms with van der Waals surface area (Å²) in [4.78, 5) is 19.7. The Hall–Kier alpha value is -2.87. The molecule has 0 aliphatic heterocycles. The molecule has 1 amide bonds. The van der Waals surface area contributed by atoms with E-state index in [9.17, 15) is 18.0 Å². The van der Waals surface area contributed by atoms with Crippen molar-refractivity contribution in [1.82, 2.24) is 9.97 Å². The number of rotatable bonds is 3. The Kier molecular flexibility index (Phi) is 4.45. The molecule has 1 aromatic carbocycles. The maximum atomic E-state index is 13.2. The maximum Gasteiger partial charge on any atom is 0.452 e. The van der Waals surface area contributed by atoms with Gasteiger partial charge in [0.05, 0.1) is 11.9 Å². The number of anilines is 1. The zero-order valence-electron chi connectivity index (χ0n) is 12.3. The average Bonchev–Trinajstić information content (AvgIpc) is 3.04. The van der Waals surface area contributed by atoms with Gasteiger partial charge < -0.3 is 9.73 Å². The number of carbonyl (C=O) groups is 1. The smallest absolute Gasteiger partial charge is 0.431 e. The Morgan fingerprint density at radius 1 is 1.12 bits per heavy atom. The molecule has 0 saturated heterocycles. The number of hydrogen-bond donors (Lipinski definition) is 1. The second-order valence-corrected chi connectivity index (χ2v) is 5.27. The molecule has 9 heteroatoms. The molecule has 0 bridgehead atoms. The van der Waals surface area contributed by atoms with E-state index in [-0.39, 0.29) is 16.7 Å². The molecular weight excluding hydrogens is 359 g/mol. The van der Waals surface area contributed by atoms with Crippen molar-refractivity contribution in [3.8, 4) is 11.5 Å². The van der Waals surface area contributed by atoms with Crippen molar-refractivity contribution < 1.29 is 22.4 Å². The molecule has 128 valence electrons. The first-order valence-electron chi connectivity index (χ1n) is 6.91. The standard InChI is InChI=1S/C16H9ClF3N3O2/c17-11-7-6-10(8-21-11)22-14(24)12-13(16(18,19)20)25-15(23-12)9-4-2-1-3-5-9/h1-8H,(H,22,24). The zero-order chi connectivity index (χ0) is 18.0. The molecule has 2 heterocycles. The highest BCUT2D eigenvalue weighted by atomic mass is 35.5. The van der Waals surface area contributed by atoms with E-state index >= 15 is 0 Å². The summed E-state index contributed by atoms with van der Waals surface area (Å²) in [5.74, 6) is -2.83. The zero-order valence-corrected chi connectivity index (χ0v) is 13.1. The summed E-state index contributed by atoms with van der Waals surface area (Å²) in [6, 6.07) is 10.8. The van der Waals surface area contributed by atoms with E-state index in [0.717, 1.165) is 0 Å². The van der Waals surface area contributed by atoms with E-state index in [1.807, 2.05) is 0 Å². The molecule has 5 nitrogen and oxygen atoms in total. The van der Waals surface area contributed by atoms with E-state index in [0.29, 0.717) is 5.56 Å². The first-order valence-corrected chi connectivity index (χ1v) is 7.29. The van der Waals surface area contributed by atoms with Gasteiger partial charge in [0.1, 0.15) is 5.15 Å². The van der Waals surface area contributed by atoms with Crippen LogP contribution in [0.25, 0.3) is 11.5 Å². The van der Waals surface area contributed by atoms with E-state index < -0.39 is 23.5 Å². The molecule has 0 fully saturated rings. The van der Waals surface area contributed by atoms with Crippen molar-refractivity contribution in [2.24, 2.45) is 0 Å². The summed E-state index contributed by atoms with van der Waals surface area (Å²) in [7, 11) is 0. The van der Waals surface area contributed by atoms with Crippen LogP contribution < -0.4 is 5.32 Å². The van der Waals surface area contributed by atoms with Crippen LogP contribution in [0, 0.1) is 0 Å². The van der Waals surface area contributed by atoms with Crippen molar-refractivity contribution in [3.05, 3.63) is 65.3 Å². The largest absolute Gasteiger partial charge is 0.452 e. The van der Waals surface area contributed by atoms with Crippen LogP contribution in [0.2, 0.25) is 5.15 Å². The molecule has 0 atom stereocenters. The second kappa shape index (κ2) is 6.56. The van der Waals surface area contributed by atoms with Gasteiger partial charge in [-0.2, -0.15) is 13.2 Å². The number of amides is 1. The van der Waals surface area contributed by atoms with E-state index in [1.54, 1.807) is 18.2 Å². The van der Waals surface area contributed by atoms with Gasteiger partial charge in [0.25, 0.3) is 5.91 Å². The summed E-state index contributed by atoms with van der Waals surface area (Å²) in [5, 5.41) is 2.46. The fraction of sp³-hybridized carbons (Fsp3) is 0.0625. The number of carbonyl (C=O) groups excluding carboxylic acids is 1. The highest BCUT2D eigenvalue weighted by molar-refractivity contribution is 6.29. The summed E-state index contributed by atoms with van der Waals surface area (Å²) in [6.45, 7) is 0. The van der Waals surface area contributed by atoms with Gasteiger partial charge in [0.15, 0.2) is 5.69 Å². The molecule has 0 radical (unpaired) electrons. The normalized spacial score (nSPS) is 11.4. The lowest BCUT2D eigenvalue weighted by Crippen LogP contribution is -2.18. The van der Waals surface area contributed by atoms with E-state index in [2.05, 4.69) is 15.3 Å². The fourth-order valence-corrected chi connectivity index (χ4v) is 2.12. The summed E-state index contributed by atoms with van der Waals surface area (Å²) in [5.41, 5.74) is -0.367. The van der Waals surface area contributed by atoms with Crippen molar-refractivity contribution in [1.29, 1.82) is 0 Å². The van der Waals surface area contributed by atoms with Crippen LogP contribution in [0.1, 0.15) is 16.2 Å².